The van der Waals surface area contributed by atoms with E-state index in [2.05, 4.69) is 4.98 Å². The molecule has 0 amide bonds. The van der Waals surface area contributed by atoms with Gasteiger partial charge in [0.05, 0.1) is 0 Å². The smallest absolute Gasteiger partial charge is 0.227 e. The molecule has 3 nitrogen and oxygen atoms in total. The zero-order chi connectivity index (χ0) is 11.0. The first kappa shape index (κ1) is 8.97. The molecule has 0 spiro atoms. The van der Waals surface area contributed by atoms with Crippen molar-refractivity contribution in [3.05, 3.63) is 48.5 Å². The zero-order valence-corrected chi connectivity index (χ0v) is 8.38. The second-order valence-electron chi connectivity index (χ2n) is 3.51. The van der Waals surface area contributed by atoms with Crippen molar-refractivity contribution in [2.24, 2.45) is 0 Å². The molecule has 1 radical (unpaired) electrons. The fourth-order valence-corrected chi connectivity index (χ4v) is 1.61. The van der Waals surface area contributed by atoms with E-state index in [9.17, 15) is 5.11 Å². The average Bonchev–Trinajstić information content (AvgIpc) is 2.73. The molecule has 0 aliphatic heterocycles. The molecule has 3 heteroatoms. The van der Waals surface area contributed by atoms with Crippen LogP contribution < -0.4 is 0 Å². The molecule has 0 saturated carbocycles. The predicted molar refractivity (Wildman–Crippen MR) is 59.6 cm³/mol. The van der Waals surface area contributed by atoms with Gasteiger partial charge in [0, 0.05) is 11.6 Å². The van der Waals surface area contributed by atoms with Gasteiger partial charge >= 0.3 is 0 Å². The highest BCUT2D eigenvalue weighted by atomic mass is 16.3. The number of hydrogen-bond donors (Lipinski definition) is 0. The Morgan fingerprint density at radius 3 is 2.62 bits per heavy atom. The van der Waals surface area contributed by atoms with Crippen molar-refractivity contribution in [3.63, 3.8) is 0 Å². The van der Waals surface area contributed by atoms with E-state index in [4.69, 9.17) is 4.42 Å². The van der Waals surface area contributed by atoms with Crippen LogP contribution in [0.5, 0.6) is 5.75 Å². The third-order valence-electron chi connectivity index (χ3n) is 2.38. The minimum atomic E-state index is -0.0552. The van der Waals surface area contributed by atoms with Crippen LogP contribution in [-0.2, 0) is 5.11 Å². The summed E-state index contributed by atoms with van der Waals surface area (Å²) >= 11 is 0. The first-order valence-electron chi connectivity index (χ1n) is 4.96. The topological polar surface area (TPSA) is 45.9 Å². The highest BCUT2D eigenvalue weighted by molar-refractivity contribution is 5.77. The van der Waals surface area contributed by atoms with Gasteiger partial charge in [0.15, 0.2) is 11.3 Å². The van der Waals surface area contributed by atoms with Crippen LogP contribution in [0.2, 0.25) is 0 Å². The van der Waals surface area contributed by atoms with Gasteiger partial charge in [0.1, 0.15) is 5.52 Å². The average molecular weight is 210 g/mol. The van der Waals surface area contributed by atoms with Gasteiger partial charge in [-0.2, -0.15) is 0 Å². The van der Waals surface area contributed by atoms with E-state index in [0.717, 1.165) is 5.56 Å². The number of rotatable bonds is 1. The minimum absolute atomic E-state index is 0.0552. The molecule has 77 valence electrons. The van der Waals surface area contributed by atoms with Crippen molar-refractivity contribution >= 4 is 11.1 Å². The molecule has 0 bridgehead atoms. The fraction of sp³-hybridized carbons (Fsp3) is 0. The molecule has 1 aromatic heterocycles. The van der Waals surface area contributed by atoms with E-state index < -0.39 is 0 Å². The molecule has 0 aliphatic rings. The van der Waals surface area contributed by atoms with Gasteiger partial charge in [-0.05, 0) is 24.3 Å². The Balaban J connectivity index is 2.19. The van der Waals surface area contributed by atoms with Crippen LogP contribution in [0.4, 0.5) is 0 Å². The monoisotopic (exact) mass is 210 g/mol. The van der Waals surface area contributed by atoms with Crippen molar-refractivity contribution in [2.45, 2.75) is 0 Å². The molecule has 1 heterocycles. The summed E-state index contributed by atoms with van der Waals surface area (Å²) in [6.07, 6.45) is 0. The standard InChI is InChI=1S/C13H8NO2/c15-10-6-7-12-11(8-10)14-13(16-12)9-4-2-1-3-5-9/h1-8H. The third kappa shape index (κ3) is 1.42. The Labute approximate surface area is 92.0 Å². The number of benzene rings is 2. The van der Waals surface area contributed by atoms with E-state index in [-0.39, 0.29) is 5.75 Å². The Kier molecular flexibility index (Phi) is 1.90. The normalized spacial score (nSPS) is 10.8. The zero-order valence-electron chi connectivity index (χ0n) is 8.38. The van der Waals surface area contributed by atoms with Crippen LogP contribution in [-0.4, -0.2) is 4.98 Å². The van der Waals surface area contributed by atoms with Crippen molar-refractivity contribution in [3.8, 4) is 17.2 Å². The summed E-state index contributed by atoms with van der Waals surface area (Å²) in [5.41, 5.74) is 2.15. The van der Waals surface area contributed by atoms with Gasteiger partial charge < -0.3 is 4.42 Å². The summed E-state index contributed by atoms with van der Waals surface area (Å²) in [6.45, 7) is 0. The molecule has 0 fully saturated rings. The molecule has 0 N–H and O–H groups in total. The molecule has 0 aliphatic carbocycles. The molecule has 3 aromatic rings. The Hall–Kier alpha value is -2.29. The quantitative estimate of drug-likeness (QED) is 0.615. The number of fused-ring (bicyclic) bond motifs is 1. The highest BCUT2D eigenvalue weighted by Gasteiger charge is 2.08. The van der Waals surface area contributed by atoms with Crippen molar-refractivity contribution < 1.29 is 9.52 Å². The second kappa shape index (κ2) is 3.38. The summed E-state index contributed by atoms with van der Waals surface area (Å²) in [7, 11) is 0. The lowest BCUT2D eigenvalue weighted by atomic mass is 10.2. The highest BCUT2D eigenvalue weighted by Crippen LogP contribution is 2.26. The van der Waals surface area contributed by atoms with Gasteiger partial charge in [-0.3, -0.25) is 5.11 Å². The molecule has 3 rings (SSSR count). The first-order chi connectivity index (χ1) is 7.83. The summed E-state index contributed by atoms with van der Waals surface area (Å²) in [5.74, 6) is 0.488. The van der Waals surface area contributed by atoms with Crippen molar-refractivity contribution in [2.75, 3.05) is 0 Å². The SMILES string of the molecule is [O]c1ccc2oc(-c3ccccc3)nc2c1. The third-order valence-corrected chi connectivity index (χ3v) is 2.38. The predicted octanol–water partition coefficient (Wildman–Crippen LogP) is 3.64. The van der Waals surface area contributed by atoms with Crippen LogP contribution in [0.25, 0.3) is 22.6 Å². The number of oxazole rings is 1. The molecule has 16 heavy (non-hydrogen) atoms. The molecular formula is C13H8NO2. The van der Waals surface area contributed by atoms with Gasteiger partial charge in [-0.1, -0.05) is 18.2 Å². The van der Waals surface area contributed by atoms with E-state index in [0.29, 0.717) is 17.0 Å². The molecule has 0 unspecified atom stereocenters. The van der Waals surface area contributed by atoms with Crippen molar-refractivity contribution in [1.29, 1.82) is 0 Å². The maximum absolute atomic E-state index is 11.1. The Morgan fingerprint density at radius 2 is 1.81 bits per heavy atom. The van der Waals surface area contributed by atoms with E-state index >= 15 is 0 Å². The van der Waals surface area contributed by atoms with Gasteiger partial charge in [0.2, 0.25) is 5.89 Å². The number of aromatic nitrogens is 1. The minimum Gasteiger partial charge on any atom is -0.436 e. The first-order valence-corrected chi connectivity index (χ1v) is 4.96. The lowest BCUT2D eigenvalue weighted by Gasteiger charge is -1.91. The maximum atomic E-state index is 11.1. The lowest BCUT2D eigenvalue weighted by Crippen LogP contribution is -1.74. The summed E-state index contributed by atoms with van der Waals surface area (Å²) in [5, 5.41) is 11.1. The van der Waals surface area contributed by atoms with Crippen molar-refractivity contribution in [1.82, 2.24) is 4.98 Å². The van der Waals surface area contributed by atoms with E-state index in [1.165, 1.54) is 12.1 Å². The largest absolute Gasteiger partial charge is 0.436 e. The molecular weight excluding hydrogens is 202 g/mol. The van der Waals surface area contributed by atoms with Crippen LogP contribution in [0.3, 0.4) is 0 Å². The van der Waals surface area contributed by atoms with Gasteiger partial charge in [0.25, 0.3) is 0 Å². The van der Waals surface area contributed by atoms with Crippen LogP contribution >= 0.6 is 0 Å². The fourth-order valence-electron chi connectivity index (χ4n) is 1.61. The van der Waals surface area contributed by atoms with E-state index in [1.54, 1.807) is 6.07 Å². The summed E-state index contributed by atoms with van der Waals surface area (Å²) < 4.78 is 5.56. The Bertz CT molecular complexity index is 629. The molecule has 0 saturated heterocycles. The second-order valence-corrected chi connectivity index (χ2v) is 3.51. The van der Waals surface area contributed by atoms with Crippen LogP contribution in [0.15, 0.2) is 52.9 Å². The van der Waals surface area contributed by atoms with Crippen LogP contribution in [0, 0.1) is 0 Å². The van der Waals surface area contributed by atoms with E-state index in [1.807, 2.05) is 30.3 Å². The number of nitrogens with zero attached hydrogens (tertiary/aromatic N) is 1. The summed E-state index contributed by atoms with van der Waals surface area (Å²) in [4.78, 5) is 4.28. The maximum Gasteiger partial charge on any atom is 0.227 e. The Morgan fingerprint density at radius 1 is 1.00 bits per heavy atom. The van der Waals surface area contributed by atoms with Crippen LogP contribution in [0.1, 0.15) is 0 Å². The van der Waals surface area contributed by atoms with Gasteiger partial charge in [-0.25, -0.2) is 4.98 Å². The number of hydrogen-bond acceptors (Lipinski definition) is 2. The molecule has 2 aromatic carbocycles. The lowest BCUT2D eigenvalue weighted by molar-refractivity contribution is 0.355. The molecule has 0 atom stereocenters. The summed E-state index contributed by atoms with van der Waals surface area (Å²) in [6, 6.07) is 14.2. The van der Waals surface area contributed by atoms with Gasteiger partial charge in [-0.15, -0.1) is 0 Å².